The summed E-state index contributed by atoms with van der Waals surface area (Å²) in [4.78, 5) is 0. The summed E-state index contributed by atoms with van der Waals surface area (Å²) in [6.45, 7) is 3.43. The predicted octanol–water partition coefficient (Wildman–Crippen LogP) is -0.300. The van der Waals surface area contributed by atoms with Gasteiger partial charge in [-0.15, -0.1) is 0 Å². The second kappa shape index (κ2) is 3.90. The molecule has 0 atom stereocenters. The van der Waals surface area contributed by atoms with Crippen molar-refractivity contribution < 1.29 is 12.6 Å². The summed E-state index contributed by atoms with van der Waals surface area (Å²) < 4.78 is 26.0. The average Bonchev–Trinajstić information content (AvgIpc) is 1.59. The molecule has 0 aromatic heterocycles. The van der Waals surface area contributed by atoms with E-state index in [1.54, 1.807) is 13.8 Å². The van der Waals surface area contributed by atoms with Crippen LogP contribution in [0.1, 0.15) is 13.8 Å². The minimum Gasteiger partial charge on any atom is -0.329 e. The lowest BCUT2D eigenvalue weighted by molar-refractivity contribution is 0.249. The van der Waals surface area contributed by atoms with Gasteiger partial charge in [0.05, 0.1) is 11.9 Å². The van der Waals surface area contributed by atoms with Crippen LogP contribution in [-0.2, 0) is 14.3 Å². The van der Waals surface area contributed by atoms with Gasteiger partial charge in [-0.1, -0.05) is 0 Å². The zero-order chi connectivity index (χ0) is 8.20. The Balaban J connectivity index is 3.89. The Bertz CT molecular complexity index is 173. The second-order valence-electron chi connectivity index (χ2n) is 2.20. The van der Waals surface area contributed by atoms with E-state index in [0.717, 1.165) is 0 Å². The second-order valence-corrected chi connectivity index (χ2v) is 3.91. The lowest BCUT2D eigenvalue weighted by Gasteiger charge is -2.05. The number of hydrogen-bond acceptors (Lipinski definition) is 4. The monoisotopic (exact) mass is 167 g/mol. The van der Waals surface area contributed by atoms with Crippen LogP contribution in [-0.4, -0.2) is 26.8 Å². The van der Waals surface area contributed by atoms with Crippen LogP contribution in [0.5, 0.6) is 0 Å². The van der Waals surface area contributed by atoms with Crippen LogP contribution in [0.2, 0.25) is 0 Å². The molecule has 0 aliphatic carbocycles. The van der Waals surface area contributed by atoms with E-state index >= 15 is 0 Å². The molecule has 0 amide bonds. The van der Waals surface area contributed by atoms with Crippen LogP contribution in [0, 0.1) is 0 Å². The molecule has 2 N–H and O–H groups in total. The van der Waals surface area contributed by atoms with Crippen LogP contribution in [0.4, 0.5) is 0 Å². The van der Waals surface area contributed by atoms with Crippen molar-refractivity contribution in [3.05, 3.63) is 0 Å². The first-order valence-electron chi connectivity index (χ1n) is 3.09. The molecule has 0 saturated heterocycles. The zero-order valence-corrected chi connectivity index (χ0v) is 7.02. The van der Waals surface area contributed by atoms with E-state index in [0.29, 0.717) is 0 Å². The van der Waals surface area contributed by atoms with Crippen molar-refractivity contribution in [2.24, 2.45) is 5.73 Å². The molecule has 0 heterocycles. The molecule has 0 bridgehead atoms. The minimum atomic E-state index is -3.36. The lowest BCUT2D eigenvalue weighted by atomic mass is 10.5. The number of hydrogen-bond donors (Lipinski definition) is 1. The molecule has 0 unspecified atom stereocenters. The molecule has 0 aliphatic rings. The van der Waals surface area contributed by atoms with Gasteiger partial charge in [0.1, 0.15) is 0 Å². The van der Waals surface area contributed by atoms with Gasteiger partial charge < -0.3 is 5.73 Å². The van der Waals surface area contributed by atoms with E-state index in [-0.39, 0.29) is 18.4 Å². The summed E-state index contributed by atoms with van der Waals surface area (Å²) in [7, 11) is -3.36. The molecule has 0 radical (unpaired) electrons. The predicted molar refractivity (Wildman–Crippen MR) is 39.1 cm³/mol. The highest BCUT2D eigenvalue weighted by molar-refractivity contribution is 7.86. The van der Waals surface area contributed by atoms with E-state index in [2.05, 4.69) is 4.18 Å². The van der Waals surface area contributed by atoms with Crippen LogP contribution in [0.15, 0.2) is 0 Å². The van der Waals surface area contributed by atoms with Crippen LogP contribution in [0.3, 0.4) is 0 Å². The van der Waals surface area contributed by atoms with Crippen LogP contribution >= 0.6 is 0 Å². The standard InChI is InChI=1S/C5H13NO3S/c1-5(2)9-10(7,8)4-3-6/h5H,3-4,6H2,1-2H3. The fourth-order valence-electron chi connectivity index (χ4n) is 0.486. The van der Waals surface area contributed by atoms with E-state index in [1.807, 2.05) is 0 Å². The van der Waals surface area contributed by atoms with E-state index in [4.69, 9.17) is 5.73 Å². The van der Waals surface area contributed by atoms with Crippen molar-refractivity contribution in [2.45, 2.75) is 20.0 Å². The molecule has 5 heteroatoms. The first-order valence-corrected chi connectivity index (χ1v) is 4.66. The Morgan fingerprint density at radius 2 is 2.00 bits per heavy atom. The van der Waals surface area contributed by atoms with Gasteiger partial charge in [-0.25, -0.2) is 0 Å². The summed E-state index contributed by atoms with van der Waals surface area (Å²) >= 11 is 0. The molecule has 0 aliphatic heterocycles. The third-order valence-corrected chi connectivity index (χ3v) is 2.12. The summed E-state index contributed by atoms with van der Waals surface area (Å²) in [6.07, 6.45) is -0.295. The molecule has 0 spiro atoms. The highest BCUT2D eigenvalue weighted by Crippen LogP contribution is 1.97. The highest BCUT2D eigenvalue weighted by atomic mass is 32.2. The fourth-order valence-corrected chi connectivity index (χ4v) is 1.46. The Morgan fingerprint density at radius 1 is 1.50 bits per heavy atom. The summed E-state index contributed by atoms with van der Waals surface area (Å²) in [5, 5.41) is 0. The average molecular weight is 167 g/mol. The van der Waals surface area contributed by atoms with Crippen molar-refractivity contribution in [1.82, 2.24) is 0 Å². The number of rotatable bonds is 4. The first-order chi connectivity index (χ1) is 4.48. The molecular weight excluding hydrogens is 154 g/mol. The maximum atomic E-state index is 10.7. The lowest BCUT2D eigenvalue weighted by Crippen LogP contribution is -2.20. The van der Waals surface area contributed by atoms with Gasteiger partial charge in [0, 0.05) is 6.54 Å². The Morgan fingerprint density at radius 3 is 2.30 bits per heavy atom. The topological polar surface area (TPSA) is 69.4 Å². The summed E-state index contributed by atoms with van der Waals surface area (Å²) in [5.41, 5.74) is 5.03. The van der Waals surface area contributed by atoms with Gasteiger partial charge in [0.15, 0.2) is 0 Å². The SMILES string of the molecule is CC(C)OS(=O)(=O)CCN. The van der Waals surface area contributed by atoms with E-state index in [9.17, 15) is 8.42 Å². The molecule has 0 saturated carbocycles. The van der Waals surface area contributed by atoms with Gasteiger partial charge >= 0.3 is 0 Å². The Kier molecular flexibility index (Phi) is 3.85. The van der Waals surface area contributed by atoms with Crippen molar-refractivity contribution in [3.63, 3.8) is 0 Å². The van der Waals surface area contributed by atoms with Gasteiger partial charge in [-0.05, 0) is 13.8 Å². The van der Waals surface area contributed by atoms with E-state index in [1.165, 1.54) is 0 Å². The fraction of sp³-hybridized carbons (Fsp3) is 1.00. The molecule has 0 aromatic carbocycles. The molecule has 0 fully saturated rings. The maximum Gasteiger partial charge on any atom is 0.268 e. The minimum absolute atomic E-state index is 0.106. The largest absolute Gasteiger partial charge is 0.329 e. The third kappa shape index (κ3) is 4.72. The molecule has 0 aromatic rings. The van der Waals surface area contributed by atoms with Crippen LogP contribution < -0.4 is 5.73 Å². The normalized spacial score (nSPS) is 12.4. The van der Waals surface area contributed by atoms with Crippen molar-refractivity contribution in [1.29, 1.82) is 0 Å². The van der Waals surface area contributed by atoms with Crippen molar-refractivity contribution >= 4 is 10.1 Å². The Hall–Kier alpha value is -0.130. The smallest absolute Gasteiger partial charge is 0.268 e. The van der Waals surface area contributed by atoms with Crippen LogP contribution in [0.25, 0.3) is 0 Å². The zero-order valence-electron chi connectivity index (χ0n) is 6.20. The highest BCUT2D eigenvalue weighted by Gasteiger charge is 2.10. The van der Waals surface area contributed by atoms with Crippen molar-refractivity contribution in [2.75, 3.05) is 12.3 Å². The Labute approximate surface area is 61.5 Å². The summed E-state index contributed by atoms with van der Waals surface area (Å²) in [6, 6.07) is 0. The van der Waals surface area contributed by atoms with Gasteiger partial charge in [0.2, 0.25) is 0 Å². The molecular formula is C5H13NO3S. The molecule has 4 nitrogen and oxygen atoms in total. The number of nitrogens with two attached hydrogens (primary N) is 1. The van der Waals surface area contributed by atoms with Gasteiger partial charge in [-0.3, -0.25) is 4.18 Å². The van der Waals surface area contributed by atoms with Crippen molar-refractivity contribution in [3.8, 4) is 0 Å². The van der Waals surface area contributed by atoms with Gasteiger partial charge in [0.25, 0.3) is 10.1 Å². The summed E-state index contributed by atoms with van der Waals surface area (Å²) in [5.74, 6) is -0.106. The molecule has 62 valence electrons. The third-order valence-electron chi connectivity index (χ3n) is 0.707. The first kappa shape index (κ1) is 9.87. The van der Waals surface area contributed by atoms with E-state index < -0.39 is 10.1 Å². The molecule has 10 heavy (non-hydrogen) atoms. The van der Waals surface area contributed by atoms with Gasteiger partial charge in [-0.2, -0.15) is 8.42 Å². The molecule has 0 rings (SSSR count). The maximum absolute atomic E-state index is 10.7. The quantitative estimate of drug-likeness (QED) is 0.584.